The number of carbonyl (C=O) groups is 1. The molecule has 2 rings (SSSR count). The maximum atomic E-state index is 12.2. The number of alkyl halides is 3. The highest BCUT2D eigenvalue weighted by Gasteiger charge is 2.39. The number of ketones is 1. The SMILES string of the molecule is O=C(c1cnn(CCOCc2ccccc2)c1)C(F)(F)F. The van der Waals surface area contributed by atoms with Gasteiger partial charge in [-0.1, -0.05) is 30.3 Å². The first kappa shape index (κ1) is 15.2. The van der Waals surface area contributed by atoms with Gasteiger partial charge in [-0.2, -0.15) is 18.3 Å². The first-order valence-corrected chi connectivity index (χ1v) is 6.22. The van der Waals surface area contributed by atoms with Crippen LogP contribution in [0.25, 0.3) is 0 Å². The van der Waals surface area contributed by atoms with E-state index in [4.69, 9.17) is 4.74 Å². The van der Waals surface area contributed by atoms with Crippen molar-refractivity contribution in [1.29, 1.82) is 0 Å². The van der Waals surface area contributed by atoms with Crippen molar-refractivity contribution >= 4 is 5.78 Å². The van der Waals surface area contributed by atoms with Crippen LogP contribution < -0.4 is 0 Å². The number of nitrogens with zero attached hydrogens (tertiary/aromatic N) is 2. The highest BCUT2D eigenvalue weighted by Crippen LogP contribution is 2.20. The van der Waals surface area contributed by atoms with E-state index in [0.717, 1.165) is 18.0 Å². The van der Waals surface area contributed by atoms with Crippen LogP contribution in [0.15, 0.2) is 42.7 Å². The normalized spacial score (nSPS) is 11.6. The number of hydrogen-bond acceptors (Lipinski definition) is 3. The lowest BCUT2D eigenvalue weighted by Gasteiger charge is -2.04. The number of ether oxygens (including phenoxy) is 1. The van der Waals surface area contributed by atoms with Gasteiger partial charge in [0.05, 0.1) is 31.5 Å². The summed E-state index contributed by atoms with van der Waals surface area (Å²) in [5, 5.41) is 3.71. The van der Waals surface area contributed by atoms with Gasteiger partial charge in [0.25, 0.3) is 5.78 Å². The summed E-state index contributed by atoms with van der Waals surface area (Å²) < 4.78 is 43.3. The first-order chi connectivity index (χ1) is 9.97. The lowest BCUT2D eigenvalue weighted by molar-refractivity contribution is -0.0885. The Morgan fingerprint density at radius 1 is 1.24 bits per heavy atom. The molecule has 0 spiro atoms. The van der Waals surface area contributed by atoms with E-state index < -0.39 is 17.5 Å². The third-order valence-electron chi connectivity index (χ3n) is 2.73. The van der Waals surface area contributed by atoms with Gasteiger partial charge in [0.15, 0.2) is 0 Å². The Balaban J connectivity index is 1.80. The van der Waals surface area contributed by atoms with Crippen LogP contribution in [0.3, 0.4) is 0 Å². The van der Waals surface area contributed by atoms with Gasteiger partial charge in [-0.05, 0) is 5.56 Å². The van der Waals surface area contributed by atoms with E-state index in [-0.39, 0.29) is 13.2 Å². The van der Waals surface area contributed by atoms with Gasteiger partial charge in [-0.3, -0.25) is 9.48 Å². The first-order valence-electron chi connectivity index (χ1n) is 6.22. The van der Waals surface area contributed by atoms with Crippen LogP contribution in [0, 0.1) is 0 Å². The maximum absolute atomic E-state index is 12.2. The van der Waals surface area contributed by atoms with Gasteiger partial charge in [-0.15, -0.1) is 0 Å². The molecule has 0 saturated carbocycles. The van der Waals surface area contributed by atoms with E-state index in [1.807, 2.05) is 30.3 Å². The molecule has 0 amide bonds. The molecule has 0 atom stereocenters. The van der Waals surface area contributed by atoms with E-state index in [1.165, 1.54) is 4.68 Å². The molecule has 1 aromatic heterocycles. The van der Waals surface area contributed by atoms with Crippen LogP contribution in [0.2, 0.25) is 0 Å². The number of rotatable bonds is 6. The summed E-state index contributed by atoms with van der Waals surface area (Å²) in [6.07, 6.45) is -2.90. The summed E-state index contributed by atoms with van der Waals surface area (Å²) in [6.45, 7) is 0.977. The lowest BCUT2D eigenvalue weighted by Crippen LogP contribution is -2.22. The van der Waals surface area contributed by atoms with Crippen molar-refractivity contribution in [2.24, 2.45) is 0 Å². The number of benzene rings is 1. The second-order valence-electron chi connectivity index (χ2n) is 4.36. The van der Waals surface area contributed by atoms with E-state index in [2.05, 4.69) is 5.10 Å². The van der Waals surface area contributed by atoms with E-state index >= 15 is 0 Å². The average molecular weight is 298 g/mol. The fraction of sp³-hybridized carbons (Fsp3) is 0.286. The number of aromatic nitrogens is 2. The predicted molar refractivity (Wildman–Crippen MR) is 68.7 cm³/mol. The van der Waals surface area contributed by atoms with Gasteiger partial charge in [-0.25, -0.2) is 0 Å². The van der Waals surface area contributed by atoms with Gasteiger partial charge in [0.1, 0.15) is 0 Å². The molecule has 0 radical (unpaired) electrons. The zero-order chi connectivity index (χ0) is 15.3. The predicted octanol–water partition coefficient (Wildman–Crippen LogP) is 2.84. The van der Waals surface area contributed by atoms with Crippen LogP contribution in [0.4, 0.5) is 13.2 Å². The molecule has 0 aliphatic heterocycles. The Morgan fingerprint density at radius 2 is 1.95 bits per heavy atom. The summed E-state index contributed by atoms with van der Waals surface area (Å²) in [5.41, 5.74) is 0.538. The van der Waals surface area contributed by atoms with Crippen molar-refractivity contribution in [2.45, 2.75) is 19.3 Å². The van der Waals surface area contributed by atoms with Gasteiger partial charge < -0.3 is 4.74 Å². The molecule has 0 aliphatic carbocycles. The van der Waals surface area contributed by atoms with E-state index in [9.17, 15) is 18.0 Å². The highest BCUT2D eigenvalue weighted by atomic mass is 19.4. The number of Topliss-reactive ketones (excluding diaryl/α,β-unsaturated/α-hetero) is 1. The van der Waals surface area contributed by atoms with E-state index in [0.29, 0.717) is 6.61 Å². The summed E-state index contributed by atoms with van der Waals surface area (Å²) in [7, 11) is 0. The van der Waals surface area contributed by atoms with Crippen LogP contribution in [-0.2, 0) is 17.9 Å². The topological polar surface area (TPSA) is 44.1 Å². The number of halogens is 3. The standard InChI is InChI=1S/C14H13F3N2O2/c15-14(16,17)13(20)12-8-18-19(9-12)6-7-21-10-11-4-2-1-3-5-11/h1-5,8-9H,6-7,10H2. The number of carbonyl (C=O) groups excluding carboxylic acids is 1. The molecule has 4 nitrogen and oxygen atoms in total. The zero-order valence-electron chi connectivity index (χ0n) is 11.0. The Labute approximate surface area is 119 Å². The second-order valence-corrected chi connectivity index (χ2v) is 4.36. The Bertz CT molecular complexity index is 594. The summed E-state index contributed by atoms with van der Waals surface area (Å²) in [4.78, 5) is 11.0. The molecule has 0 aliphatic rings. The van der Waals surface area contributed by atoms with Crippen molar-refractivity contribution in [2.75, 3.05) is 6.61 Å². The quantitative estimate of drug-likeness (QED) is 0.608. The van der Waals surface area contributed by atoms with Gasteiger partial charge >= 0.3 is 6.18 Å². The minimum absolute atomic E-state index is 0.276. The van der Waals surface area contributed by atoms with Gasteiger partial charge in [0, 0.05) is 6.20 Å². The van der Waals surface area contributed by atoms with Crippen molar-refractivity contribution < 1.29 is 22.7 Å². The molecule has 112 valence electrons. The fourth-order valence-electron chi connectivity index (χ4n) is 1.69. The van der Waals surface area contributed by atoms with Crippen LogP contribution in [0.1, 0.15) is 15.9 Å². The number of hydrogen-bond donors (Lipinski definition) is 0. The minimum atomic E-state index is -4.88. The summed E-state index contributed by atoms with van der Waals surface area (Å²) >= 11 is 0. The molecule has 7 heteroatoms. The average Bonchev–Trinajstić information content (AvgIpc) is 2.91. The van der Waals surface area contributed by atoms with Crippen molar-refractivity contribution in [3.63, 3.8) is 0 Å². The van der Waals surface area contributed by atoms with Crippen LogP contribution >= 0.6 is 0 Å². The molecule has 0 unspecified atom stereocenters. The molecular formula is C14H13F3N2O2. The fourth-order valence-corrected chi connectivity index (χ4v) is 1.69. The molecule has 0 fully saturated rings. The van der Waals surface area contributed by atoms with Crippen LogP contribution in [0.5, 0.6) is 0 Å². The maximum Gasteiger partial charge on any atom is 0.454 e. The third kappa shape index (κ3) is 4.42. The van der Waals surface area contributed by atoms with Crippen molar-refractivity contribution in [1.82, 2.24) is 9.78 Å². The molecule has 0 N–H and O–H groups in total. The van der Waals surface area contributed by atoms with Crippen molar-refractivity contribution in [3.05, 3.63) is 53.9 Å². The van der Waals surface area contributed by atoms with Crippen LogP contribution in [-0.4, -0.2) is 28.3 Å². The molecule has 1 heterocycles. The van der Waals surface area contributed by atoms with E-state index in [1.54, 1.807) is 0 Å². The largest absolute Gasteiger partial charge is 0.454 e. The summed E-state index contributed by atoms with van der Waals surface area (Å²) in [5.74, 6) is -1.89. The molecule has 0 saturated heterocycles. The van der Waals surface area contributed by atoms with Gasteiger partial charge in [0.2, 0.25) is 0 Å². The molecular weight excluding hydrogens is 285 g/mol. The Kier molecular flexibility index (Phi) is 4.74. The smallest absolute Gasteiger partial charge is 0.375 e. The Hall–Kier alpha value is -2.15. The summed E-state index contributed by atoms with van der Waals surface area (Å²) in [6, 6.07) is 9.50. The van der Waals surface area contributed by atoms with Crippen molar-refractivity contribution in [3.8, 4) is 0 Å². The highest BCUT2D eigenvalue weighted by molar-refractivity contribution is 5.99. The lowest BCUT2D eigenvalue weighted by atomic mass is 10.2. The second kappa shape index (κ2) is 6.53. The molecule has 0 bridgehead atoms. The monoisotopic (exact) mass is 298 g/mol. The molecule has 2 aromatic rings. The molecule has 21 heavy (non-hydrogen) atoms. The third-order valence-corrected chi connectivity index (χ3v) is 2.73. The Morgan fingerprint density at radius 3 is 2.62 bits per heavy atom. The molecule has 1 aromatic carbocycles. The zero-order valence-corrected chi connectivity index (χ0v) is 11.0. The minimum Gasteiger partial charge on any atom is -0.375 e.